The Labute approximate surface area is 105 Å². The van der Waals surface area contributed by atoms with Crippen LogP contribution < -0.4 is 0 Å². The smallest absolute Gasteiger partial charge is 0.0181 e. The minimum Gasteiger partial charge on any atom is -0.0623 e. The van der Waals surface area contributed by atoms with E-state index in [0.717, 1.165) is 6.42 Å². The van der Waals surface area contributed by atoms with Crippen LogP contribution in [0.5, 0.6) is 0 Å². The molecule has 0 aliphatic carbocycles. The molecule has 0 aliphatic heterocycles. The van der Waals surface area contributed by atoms with Crippen LogP contribution in [0.2, 0.25) is 0 Å². The molecule has 0 atom stereocenters. The topological polar surface area (TPSA) is 0 Å². The van der Waals surface area contributed by atoms with Crippen LogP contribution in [0.3, 0.4) is 0 Å². The molecule has 0 bridgehead atoms. The predicted octanol–water partition coefficient (Wildman–Crippen LogP) is 5.06. The summed E-state index contributed by atoms with van der Waals surface area (Å²) in [5, 5.41) is 2.68. The van der Waals surface area contributed by atoms with E-state index in [1.54, 1.807) is 0 Å². The van der Waals surface area contributed by atoms with E-state index >= 15 is 0 Å². The zero-order valence-corrected chi connectivity index (χ0v) is 11.3. The van der Waals surface area contributed by atoms with E-state index in [1.165, 1.54) is 16.3 Å². The molecular weight excluding hydrogens is 204 g/mol. The van der Waals surface area contributed by atoms with Crippen molar-refractivity contribution in [2.75, 3.05) is 0 Å². The minimum atomic E-state index is 0.364. The molecule has 0 amide bonds. The molecule has 90 valence electrons. The van der Waals surface area contributed by atoms with Gasteiger partial charge >= 0.3 is 0 Å². The maximum absolute atomic E-state index is 2.35. The molecule has 0 saturated carbocycles. The summed E-state index contributed by atoms with van der Waals surface area (Å²) in [5.74, 6) is 0.703. The molecule has 0 aromatic heterocycles. The highest BCUT2D eigenvalue weighted by molar-refractivity contribution is 5.82. The highest BCUT2D eigenvalue weighted by Gasteiger charge is 2.22. The van der Waals surface area contributed by atoms with Gasteiger partial charge in [-0.3, -0.25) is 0 Å². The van der Waals surface area contributed by atoms with Gasteiger partial charge in [-0.15, -0.1) is 0 Å². The Morgan fingerprint density at radius 2 is 1.59 bits per heavy atom. The molecule has 0 nitrogen and oxygen atoms in total. The lowest BCUT2D eigenvalue weighted by molar-refractivity contribution is 0.248. The van der Waals surface area contributed by atoms with Gasteiger partial charge in [-0.05, 0) is 34.1 Å². The number of benzene rings is 2. The third kappa shape index (κ3) is 2.69. The molecule has 0 aliphatic rings. The lowest BCUT2D eigenvalue weighted by Crippen LogP contribution is -2.21. The third-order valence-electron chi connectivity index (χ3n) is 4.04. The summed E-state index contributed by atoms with van der Waals surface area (Å²) >= 11 is 0. The van der Waals surface area contributed by atoms with Crippen molar-refractivity contribution >= 4 is 10.8 Å². The molecule has 2 aromatic carbocycles. The summed E-state index contributed by atoms with van der Waals surface area (Å²) < 4.78 is 0. The first-order valence-corrected chi connectivity index (χ1v) is 6.47. The van der Waals surface area contributed by atoms with Crippen LogP contribution in [-0.2, 0) is 6.42 Å². The zero-order chi connectivity index (χ0) is 12.5. The largest absolute Gasteiger partial charge is 0.0623 e. The fourth-order valence-corrected chi connectivity index (χ4v) is 2.08. The summed E-state index contributed by atoms with van der Waals surface area (Å²) in [5.41, 5.74) is 1.81. The van der Waals surface area contributed by atoms with Crippen LogP contribution in [0.15, 0.2) is 42.5 Å². The Morgan fingerprint density at radius 1 is 0.941 bits per heavy atom. The molecule has 0 N–H and O–H groups in total. The molecule has 0 heteroatoms. The first kappa shape index (κ1) is 12.2. The second-order valence-corrected chi connectivity index (χ2v) is 6.00. The van der Waals surface area contributed by atoms with Gasteiger partial charge in [0.25, 0.3) is 0 Å². The van der Waals surface area contributed by atoms with Gasteiger partial charge in [-0.1, -0.05) is 70.2 Å². The number of rotatable bonds is 3. The van der Waals surface area contributed by atoms with Crippen molar-refractivity contribution in [3.8, 4) is 0 Å². The fourth-order valence-electron chi connectivity index (χ4n) is 2.08. The monoisotopic (exact) mass is 226 g/mol. The summed E-state index contributed by atoms with van der Waals surface area (Å²) in [6.45, 7) is 9.32. The Morgan fingerprint density at radius 3 is 2.24 bits per heavy atom. The Bertz CT molecular complexity index is 506. The van der Waals surface area contributed by atoms with E-state index in [4.69, 9.17) is 0 Å². The van der Waals surface area contributed by atoms with E-state index < -0.39 is 0 Å². The van der Waals surface area contributed by atoms with Crippen molar-refractivity contribution in [1.29, 1.82) is 0 Å². The molecule has 0 saturated heterocycles. The molecule has 0 unspecified atom stereocenters. The van der Waals surface area contributed by atoms with Crippen LogP contribution in [-0.4, -0.2) is 0 Å². The highest BCUT2D eigenvalue weighted by atomic mass is 14.3. The molecule has 17 heavy (non-hydrogen) atoms. The minimum absolute atomic E-state index is 0.364. The van der Waals surface area contributed by atoms with Crippen molar-refractivity contribution in [1.82, 2.24) is 0 Å². The van der Waals surface area contributed by atoms with Gasteiger partial charge in [-0.25, -0.2) is 0 Å². The molecule has 0 fully saturated rings. The molecular formula is C17H22. The van der Waals surface area contributed by atoms with Crippen LogP contribution in [0.25, 0.3) is 10.8 Å². The second-order valence-electron chi connectivity index (χ2n) is 6.00. The van der Waals surface area contributed by atoms with Crippen molar-refractivity contribution in [3.63, 3.8) is 0 Å². The Balaban J connectivity index is 2.31. The van der Waals surface area contributed by atoms with Gasteiger partial charge in [0.15, 0.2) is 0 Å². The molecule has 0 radical (unpaired) electrons. The number of hydrogen-bond acceptors (Lipinski definition) is 0. The summed E-state index contributed by atoms with van der Waals surface area (Å²) in [6.07, 6.45) is 1.15. The lowest BCUT2D eigenvalue weighted by Gasteiger charge is -2.29. The summed E-state index contributed by atoms with van der Waals surface area (Å²) in [4.78, 5) is 0. The standard InChI is InChI=1S/C17H22/c1-13(2)17(3,4)12-14-9-10-15-7-5-6-8-16(15)11-14/h5-11,13H,12H2,1-4H3. The van der Waals surface area contributed by atoms with Crippen molar-refractivity contribution in [3.05, 3.63) is 48.0 Å². The van der Waals surface area contributed by atoms with Crippen LogP contribution in [0.4, 0.5) is 0 Å². The van der Waals surface area contributed by atoms with E-state index in [2.05, 4.69) is 70.2 Å². The Kier molecular flexibility index (Phi) is 3.24. The fraction of sp³-hybridized carbons (Fsp3) is 0.412. The van der Waals surface area contributed by atoms with Gasteiger partial charge < -0.3 is 0 Å². The second kappa shape index (κ2) is 4.52. The van der Waals surface area contributed by atoms with Crippen molar-refractivity contribution < 1.29 is 0 Å². The Hall–Kier alpha value is -1.30. The SMILES string of the molecule is CC(C)C(C)(C)Cc1ccc2ccccc2c1. The van der Waals surface area contributed by atoms with E-state index in [1.807, 2.05) is 0 Å². The summed E-state index contributed by atoms with van der Waals surface area (Å²) in [7, 11) is 0. The average Bonchev–Trinajstić information content (AvgIpc) is 2.28. The van der Waals surface area contributed by atoms with Crippen LogP contribution in [0.1, 0.15) is 33.3 Å². The first-order chi connectivity index (χ1) is 7.99. The average molecular weight is 226 g/mol. The molecule has 2 rings (SSSR count). The third-order valence-corrected chi connectivity index (χ3v) is 4.04. The van der Waals surface area contributed by atoms with Crippen molar-refractivity contribution in [2.24, 2.45) is 11.3 Å². The van der Waals surface area contributed by atoms with Gasteiger partial charge in [0.1, 0.15) is 0 Å². The van der Waals surface area contributed by atoms with Gasteiger partial charge in [-0.2, -0.15) is 0 Å². The van der Waals surface area contributed by atoms with E-state index in [0.29, 0.717) is 11.3 Å². The normalized spacial score (nSPS) is 12.3. The van der Waals surface area contributed by atoms with Crippen LogP contribution >= 0.6 is 0 Å². The maximum atomic E-state index is 2.35. The number of hydrogen-bond donors (Lipinski definition) is 0. The van der Waals surface area contributed by atoms with Gasteiger partial charge in [0.2, 0.25) is 0 Å². The number of fused-ring (bicyclic) bond motifs is 1. The lowest BCUT2D eigenvalue weighted by atomic mass is 9.76. The summed E-state index contributed by atoms with van der Waals surface area (Å²) in [6, 6.07) is 15.4. The molecule has 2 aromatic rings. The predicted molar refractivity (Wildman–Crippen MR) is 76.3 cm³/mol. The molecule has 0 spiro atoms. The van der Waals surface area contributed by atoms with E-state index in [9.17, 15) is 0 Å². The van der Waals surface area contributed by atoms with Gasteiger partial charge in [0.05, 0.1) is 0 Å². The highest BCUT2D eigenvalue weighted by Crippen LogP contribution is 2.31. The maximum Gasteiger partial charge on any atom is -0.0181 e. The molecule has 0 heterocycles. The van der Waals surface area contributed by atoms with Crippen molar-refractivity contribution in [2.45, 2.75) is 34.1 Å². The van der Waals surface area contributed by atoms with Gasteiger partial charge in [0, 0.05) is 0 Å². The van der Waals surface area contributed by atoms with Crippen LogP contribution in [0, 0.1) is 11.3 Å². The quantitative estimate of drug-likeness (QED) is 0.686. The zero-order valence-electron chi connectivity index (χ0n) is 11.3. The van der Waals surface area contributed by atoms with E-state index in [-0.39, 0.29) is 0 Å². The first-order valence-electron chi connectivity index (χ1n) is 6.47.